The van der Waals surface area contributed by atoms with Gasteiger partial charge in [0, 0.05) is 5.56 Å². The summed E-state index contributed by atoms with van der Waals surface area (Å²) in [5.41, 5.74) is 3.15. The zero-order valence-corrected chi connectivity index (χ0v) is 12.6. The Hall–Kier alpha value is -2.36. The second kappa shape index (κ2) is 5.13. The second-order valence-electron chi connectivity index (χ2n) is 6.44. The van der Waals surface area contributed by atoms with Crippen molar-refractivity contribution in [2.75, 3.05) is 0 Å². The maximum Gasteiger partial charge on any atom is 0.405 e. The molecule has 1 amide bonds. The quantitative estimate of drug-likeness (QED) is 0.864. The average molecular weight is 299 g/mol. The van der Waals surface area contributed by atoms with Crippen LogP contribution in [0.5, 0.6) is 0 Å². The molecule has 0 aromatic heterocycles. The van der Waals surface area contributed by atoms with E-state index in [-0.39, 0.29) is 17.3 Å². The van der Waals surface area contributed by atoms with Crippen molar-refractivity contribution in [3.8, 4) is 11.1 Å². The number of carbonyl (C=O) groups is 1. The molecule has 0 fully saturated rings. The van der Waals surface area contributed by atoms with Crippen LogP contribution in [0.25, 0.3) is 11.1 Å². The van der Waals surface area contributed by atoms with Crippen LogP contribution in [0, 0.1) is 11.2 Å². The number of hydrogen-bond acceptors (Lipinski definition) is 1. The van der Waals surface area contributed by atoms with Gasteiger partial charge in [0.05, 0.1) is 6.04 Å². The molecule has 22 heavy (non-hydrogen) atoms. The third-order valence-electron chi connectivity index (χ3n) is 4.34. The van der Waals surface area contributed by atoms with Gasteiger partial charge in [-0.25, -0.2) is 9.18 Å². The van der Waals surface area contributed by atoms with Crippen LogP contribution in [0.3, 0.4) is 0 Å². The van der Waals surface area contributed by atoms with E-state index in [1.807, 2.05) is 32.0 Å². The summed E-state index contributed by atoms with van der Waals surface area (Å²) in [4.78, 5) is 11.1. The number of nitrogens with one attached hydrogen (secondary N) is 1. The van der Waals surface area contributed by atoms with E-state index in [1.165, 1.54) is 6.07 Å². The van der Waals surface area contributed by atoms with Crippen LogP contribution in [0.2, 0.25) is 0 Å². The van der Waals surface area contributed by atoms with Gasteiger partial charge in [-0.1, -0.05) is 44.2 Å². The van der Waals surface area contributed by atoms with E-state index < -0.39 is 6.09 Å². The molecule has 0 saturated heterocycles. The third kappa shape index (κ3) is 2.45. The van der Waals surface area contributed by atoms with Crippen LogP contribution >= 0.6 is 0 Å². The zero-order valence-electron chi connectivity index (χ0n) is 12.6. The Balaban J connectivity index is 2.08. The molecule has 1 aliphatic rings. The van der Waals surface area contributed by atoms with Gasteiger partial charge in [0.15, 0.2) is 0 Å². The van der Waals surface area contributed by atoms with Gasteiger partial charge in [-0.3, -0.25) is 0 Å². The standard InChI is InChI=1S/C18H18FNO2/c1-18(2)10-12-8-7-11(13-5-3-4-6-15(13)19)9-14(12)16(18)20-17(21)22/h3-9,16,20H,10H2,1-2H3,(H,21,22). The lowest BCUT2D eigenvalue weighted by Gasteiger charge is -2.27. The molecule has 0 bridgehead atoms. The molecule has 2 aromatic carbocycles. The molecule has 0 radical (unpaired) electrons. The first kappa shape index (κ1) is 14.6. The van der Waals surface area contributed by atoms with Crippen molar-refractivity contribution in [2.24, 2.45) is 5.41 Å². The highest BCUT2D eigenvalue weighted by Crippen LogP contribution is 2.46. The van der Waals surface area contributed by atoms with Crippen molar-refractivity contribution in [1.29, 1.82) is 0 Å². The van der Waals surface area contributed by atoms with Gasteiger partial charge >= 0.3 is 6.09 Å². The molecule has 0 spiro atoms. The molecule has 4 heteroatoms. The van der Waals surface area contributed by atoms with Crippen LogP contribution in [-0.2, 0) is 6.42 Å². The fourth-order valence-electron chi connectivity index (χ4n) is 3.30. The number of rotatable bonds is 2. The van der Waals surface area contributed by atoms with Crippen LogP contribution in [-0.4, -0.2) is 11.2 Å². The predicted octanol–water partition coefficient (Wildman–Crippen LogP) is 4.38. The highest BCUT2D eigenvalue weighted by molar-refractivity contribution is 5.69. The number of halogens is 1. The predicted molar refractivity (Wildman–Crippen MR) is 83.2 cm³/mol. The minimum atomic E-state index is -1.04. The summed E-state index contributed by atoms with van der Waals surface area (Å²) in [6.07, 6.45) is -0.243. The summed E-state index contributed by atoms with van der Waals surface area (Å²) < 4.78 is 14.0. The van der Waals surface area contributed by atoms with E-state index >= 15 is 0 Å². The van der Waals surface area contributed by atoms with Gasteiger partial charge in [-0.05, 0) is 40.7 Å². The smallest absolute Gasteiger partial charge is 0.405 e. The van der Waals surface area contributed by atoms with Gasteiger partial charge in [0.2, 0.25) is 0 Å². The number of carboxylic acid groups (broad SMARTS) is 1. The van der Waals surface area contributed by atoms with Crippen molar-refractivity contribution in [2.45, 2.75) is 26.3 Å². The molecular formula is C18H18FNO2. The van der Waals surface area contributed by atoms with E-state index in [0.717, 1.165) is 23.1 Å². The summed E-state index contributed by atoms with van der Waals surface area (Å²) >= 11 is 0. The first-order valence-corrected chi connectivity index (χ1v) is 7.26. The largest absolute Gasteiger partial charge is 0.465 e. The Morgan fingerprint density at radius 3 is 2.68 bits per heavy atom. The molecule has 2 N–H and O–H groups in total. The lowest BCUT2D eigenvalue weighted by Crippen LogP contribution is -2.34. The molecule has 1 aliphatic carbocycles. The number of benzene rings is 2. The molecule has 3 rings (SSSR count). The van der Waals surface area contributed by atoms with E-state index in [9.17, 15) is 9.18 Å². The molecule has 114 valence electrons. The maximum absolute atomic E-state index is 14.0. The first-order chi connectivity index (χ1) is 10.4. The highest BCUT2D eigenvalue weighted by Gasteiger charge is 2.40. The van der Waals surface area contributed by atoms with E-state index in [1.54, 1.807) is 18.2 Å². The Bertz CT molecular complexity index is 740. The lowest BCUT2D eigenvalue weighted by molar-refractivity contribution is 0.175. The van der Waals surface area contributed by atoms with Gasteiger partial charge < -0.3 is 10.4 Å². The fourth-order valence-corrected chi connectivity index (χ4v) is 3.30. The topological polar surface area (TPSA) is 49.3 Å². The van der Waals surface area contributed by atoms with Crippen LogP contribution in [0.15, 0.2) is 42.5 Å². The van der Waals surface area contributed by atoms with E-state index in [0.29, 0.717) is 5.56 Å². The van der Waals surface area contributed by atoms with Crippen molar-refractivity contribution in [3.63, 3.8) is 0 Å². The maximum atomic E-state index is 14.0. The van der Waals surface area contributed by atoms with Gasteiger partial charge in [0.25, 0.3) is 0 Å². The number of fused-ring (bicyclic) bond motifs is 1. The van der Waals surface area contributed by atoms with Crippen LogP contribution in [0.1, 0.15) is 31.0 Å². The minimum Gasteiger partial charge on any atom is -0.465 e. The molecule has 0 aliphatic heterocycles. The van der Waals surface area contributed by atoms with E-state index in [2.05, 4.69) is 5.32 Å². The molecule has 0 heterocycles. The molecule has 3 nitrogen and oxygen atoms in total. The van der Waals surface area contributed by atoms with Crippen molar-refractivity contribution in [3.05, 3.63) is 59.4 Å². The molecule has 0 saturated carbocycles. The molecule has 2 aromatic rings. The summed E-state index contributed by atoms with van der Waals surface area (Å²) in [6, 6.07) is 12.1. The number of amides is 1. The second-order valence-corrected chi connectivity index (χ2v) is 6.44. The summed E-state index contributed by atoms with van der Waals surface area (Å²) in [6.45, 7) is 4.08. The zero-order chi connectivity index (χ0) is 15.9. The van der Waals surface area contributed by atoms with Gasteiger partial charge in [0.1, 0.15) is 5.82 Å². The minimum absolute atomic E-state index is 0.200. The third-order valence-corrected chi connectivity index (χ3v) is 4.34. The summed E-state index contributed by atoms with van der Waals surface area (Å²) in [5.74, 6) is -0.276. The first-order valence-electron chi connectivity index (χ1n) is 7.26. The monoisotopic (exact) mass is 299 g/mol. The Morgan fingerprint density at radius 2 is 2.00 bits per heavy atom. The highest BCUT2D eigenvalue weighted by atomic mass is 19.1. The van der Waals surface area contributed by atoms with Crippen molar-refractivity contribution in [1.82, 2.24) is 5.32 Å². The number of hydrogen-bond donors (Lipinski definition) is 2. The van der Waals surface area contributed by atoms with Crippen molar-refractivity contribution < 1.29 is 14.3 Å². The molecular weight excluding hydrogens is 281 g/mol. The Labute approximate surface area is 128 Å². The van der Waals surface area contributed by atoms with Crippen LogP contribution < -0.4 is 5.32 Å². The fraction of sp³-hybridized carbons (Fsp3) is 0.278. The normalized spacial score (nSPS) is 18.8. The SMILES string of the molecule is CC1(C)Cc2ccc(-c3ccccc3F)cc2C1NC(=O)O. The van der Waals surface area contributed by atoms with Crippen molar-refractivity contribution >= 4 is 6.09 Å². The lowest BCUT2D eigenvalue weighted by atomic mass is 9.85. The van der Waals surface area contributed by atoms with E-state index in [4.69, 9.17) is 5.11 Å². The van der Waals surface area contributed by atoms with Crippen LogP contribution in [0.4, 0.5) is 9.18 Å². The Morgan fingerprint density at radius 1 is 1.27 bits per heavy atom. The average Bonchev–Trinajstić information content (AvgIpc) is 2.69. The Kier molecular flexibility index (Phi) is 3.39. The molecule has 1 atom stereocenters. The van der Waals surface area contributed by atoms with Gasteiger partial charge in [-0.15, -0.1) is 0 Å². The molecule has 1 unspecified atom stereocenters. The van der Waals surface area contributed by atoms with Gasteiger partial charge in [-0.2, -0.15) is 0 Å². The summed E-state index contributed by atoms with van der Waals surface area (Å²) in [7, 11) is 0. The summed E-state index contributed by atoms with van der Waals surface area (Å²) in [5, 5.41) is 11.7.